The molecule has 92 valence electrons. The predicted molar refractivity (Wildman–Crippen MR) is 64.0 cm³/mol. The molecule has 0 spiro atoms. The van der Waals surface area contributed by atoms with E-state index in [2.05, 4.69) is 0 Å². The second kappa shape index (κ2) is 5.48. The smallest absolute Gasteiger partial charge is 0.173 e. The second-order valence-electron chi connectivity index (χ2n) is 3.70. The van der Waals surface area contributed by atoms with Crippen molar-refractivity contribution in [2.45, 2.75) is 20.3 Å². The molecule has 4 nitrogen and oxygen atoms in total. The summed E-state index contributed by atoms with van der Waals surface area (Å²) < 4.78 is 10.4. The Labute approximate surface area is 101 Å². The van der Waals surface area contributed by atoms with Gasteiger partial charge in [0, 0.05) is 0 Å². The first-order valence-electron chi connectivity index (χ1n) is 5.25. The number of carbonyl (C=O) groups is 2. The first-order valence-corrected chi connectivity index (χ1v) is 5.25. The molecule has 0 aromatic heterocycles. The molecule has 0 bridgehead atoms. The SMILES string of the molecule is COc1cc(C(=O)CC=O)c(OC)c(C)c1C. The number of rotatable bonds is 5. The summed E-state index contributed by atoms with van der Waals surface area (Å²) in [5.74, 6) is 0.867. The minimum atomic E-state index is -0.266. The first kappa shape index (κ1) is 13.2. The normalized spacial score (nSPS) is 9.88. The highest BCUT2D eigenvalue weighted by Gasteiger charge is 2.18. The molecular formula is C13H16O4. The lowest BCUT2D eigenvalue weighted by atomic mass is 9.99. The van der Waals surface area contributed by atoms with Crippen molar-refractivity contribution in [1.29, 1.82) is 0 Å². The van der Waals surface area contributed by atoms with Crippen LogP contribution in [0.1, 0.15) is 27.9 Å². The van der Waals surface area contributed by atoms with Crippen molar-refractivity contribution < 1.29 is 19.1 Å². The lowest BCUT2D eigenvalue weighted by molar-refractivity contribution is -0.107. The van der Waals surface area contributed by atoms with Crippen LogP contribution in [0.2, 0.25) is 0 Å². The van der Waals surface area contributed by atoms with Crippen molar-refractivity contribution in [2.75, 3.05) is 14.2 Å². The lowest BCUT2D eigenvalue weighted by Crippen LogP contribution is -2.06. The molecule has 0 saturated heterocycles. The van der Waals surface area contributed by atoms with E-state index >= 15 is 0 Å². The molecule has 0 saturated carbocycles. The highest BCUT2D eigenvalue weighted by Crippen LogP contribution is 2.33. The third-order valence-electron chi connectivity index (χ3n) is 2.79. The monoisotopic (exact) mass is 236 g/mol. The average molecular weight is 236 g/mol. The van der Waals surface area contributed by atoms with E-state index in [0.717, 1.165) is 11.1 Å². The van der Waals surface area contributed by atoms with Gasteiger partial charge in [-0.1, -0.05) is 0 Å². The molecule has 4 heteroatoms. The molecule has 0 aliphatic rings. The van der Waals surface area contributed by atoms with E-state index in [1.807, 2.05) is 13.8 Å². The molecule has 1 aromatic carbocycles. The van der Waals surface area contributed by atoms with Crippen LogP contribution in [0.3, 0.4) is 0 Å². The van der Waals surface area contributed by atoms with E-state index in [-0.39, 0.29) is 12.2 Å². The zero-order chi connectivity index (χ0) is 13.0. The van der Waals surface area contributed by atoms with Crippen molar-refractivity contribution in [3.63, 3.8) is 0 Å². The largest absolute Gasteiger partial charge is 0.496 e. The second-order valence-corrected chi connectivity index (χ2v) is 3.70. The molecule has 0 amide bonds. The van der Waals surface area contributed by atoms with Gasteiger partial charge in [0.25, 0.3) is 0 Å². The van der Waals surface area contributed by atoms with Crippen LogP contribution in [0.5, 0.6) is 11.5 Å². The van der Waals surface area contributed by atoms with Gasteiger partial charge in [0.1, 0.15) is 17.8 Å². The Kier molecular flexibility index (Phi) is 4.26. The zero-order valence-electron chi connectivity index (χ0n) is 10.5. The molecule has 0 fully saturated rings. The quantitative estimate of drug-likeness (QED) is 0.446. The van der Waals surface area contributed by atoms with Crippen LogP contribution >= 0.6 is 0 Å². The Bertz CT molecular complexity index is 449. The summed E-state index contributed by atoms with van der Waals surface area (Å²) >= 11 is 0. The summed E-state index contributed by atoms with van der Waals surface area (Å²) in [4.78, 5) is 22.2. The maximum Gasteiger partial charge on any atom is 0.173 e. The fourth-order valence-electron chi connectivity index (χ4n) is 1.73. The van der Waals surface area contributed by atoms with Crippen LogP contribution in [0.15, 0.2) is 6.07 Å². The van der Waals surface area contributed by atoms with Crippen molar-refractivity contribution in [3.8, 4) is 11.5 Å². The van der Waals surface area contributed by atoms with Gasteiger partial charge < -0.3 is 14.3 Å². The highest BCUT2D eigenvalue weighted by atomic mass is 16.5. The molecule has 0 heterocycles. The molecular weight excluding hydrogens is 220 g/mol. The molecule has 17 heavy (non-hydrogen) atoms. The van der Waals surface area contributed by atoms with Gasteiger partial charge in [-0.3, -0.25) is 4.79 Å². The number of ether oxygens (including phenoxy) is 2. The van der Waals surface area contributed by atoms with Crippen molar-refractivity contribution in [3.05, 3.63) is 22.8 Å². The number of hydrogen-bond donors (Lipinski definition) is 0. The number of methoxy groups -OCH3 is 2. The number of carbonyl (C=O) groups excluding carboxylic acids is 2. The maximum absolute atomic E-state index is 11.8. The van der Waals surface area contributed by atoms with Gasteiger partial charge in [-0.15, -0.1) is 0 Å². The van der Waals surface area contributed by atoms with Gasteiger partial charge in [-0.2, -0.15) is 0 Å². The summed E-state index contributed by atoms with van der Waals surface area (Å²) in [6.07, 6.45) is 0.436. The van der Waals surface area contributed by atoms with E-state index < -0.39 is 0 Å². The summed E-state index contributed by atoms with van der Waals surface area (Å²) in [6, 6.07) is 1.62. The summed E-state index contributed by atoms with van der Waals surface area (Å²) in [7, 11) is 3.05. The predicted octanol–water partition coefficient (Wildman–Crippen LogP) is 2.09. The Morgan fingerprint density at radius 3 is 2.35 bits per heavy atom. The first-order chi connectivity index (χ1) is 8.06. The average Bonchev–Trinajstić information content (AvgIpc) is 2.32. The standard InChI is InChI=1S/C13H16O4/c1-8-9(2)13(17-4)10(7-12(8)16-3)11(15)5-6-14/h6-7H,5H2,1-4H3. The van der Waals surface area contributed by atoms with Gasteiger partial charge >= 0.3 is 0 Å². The van der Waals surface area contributed by atoms with Gasteiger partial charge in [0.05, 0.1) is 26.2 Å². The fraction of sp³-hybridized carbons (Fsp3) is 0.385. The molecule has 0 aliphatic heterocycles. The zero-order valence-corrected chi connectivity index (χ0v) is 10.5. The van der Waals surface area contributed by atoms with Crippen molar-refractivity contribution in [1.82, 2.24) is 0 Å². The molecule has 0 radical (unpaired) electrons. The summed E-state index contributed by atoms with van der Waals surface area (Å²) in [5.41, 5.74) is 2.16. The number of Topliss-reactive ketones (excluding diaryl/α,β-unsaturated/α-hetero) is 1. The van der Waals surface area contributed by atoms with Gasteiger partial charge in [0.2, 0.25) is 0 Å². The van der Waals surface area contributed by atoms with E-state index in [4.69, 9.17) is 9.47 Å². The fourth-order valence-corrected chi connectivity index (χ4v) is 1.73. The van der Waals surface area contributed by atoms with Crippen LogP contribution in [0.25, 0.3) is 0 Å². The number of hydrogen-bond acceptors (Lipinski definition) is 4. The number of ketones is 1. The van der Waals surface area contributed by atoms with E-state index in [1.165, 1.54) is 7.11 Å². The van der Waals surface area contributed by atoms with Crippen LogP contribution < -0.4 is 9.47 Å². The Hall–Kier alpha value is -1.84. The molecule has 0 N–H and O–H groups in total. The molecule has 1 rings (SSSR count). The number of aldehydes is 1. The summed E-state index contributed by atoms with van der Waals surface area (Å²) in [6.45, 7) is 3.75. The third kappa shape index (κ3) is 2.46. The highest BCUT2D eigenvalue weighted by molar-refractivity contribution is 6.05. The van der Waals surface area contributed by atoms with Crippen LogP contribution in [0, 0.1) is 13.8 Å². The van der Waals surface area contributed by atoms with Crippen molar-refractivity contribution in [2.24, 2.45) is 0 Å². The molecule has 0 atom stereocenters. The van der Waals surface area contributed by atoms with E-state index in [9.17, 15) is 9.59 Å². The Morgan fingerprint density at radius 1 is 1.24 bits per heavy atom. The minimum absolute atomic E-state index is 0.151. The third-order valence-corrected chi connectivity index (χ3v) is 2.79. The van der Waals surface area contributed by atoms with E-state index in [1.54, 1.807) is 13.2 Å². The van der Waals surface area contributed by atoms with Gasteiger partial charge in [-0.05, 0) is 31.0 Å². The van der Waals surface area contributed by atoms with Crippen LogP contribution in [0.4, 0.5) is 0 Å². The number of benzene rings is 1. The molecule has 1 aromatic rings. The Morgan fingerprint density at radius 2 is 1.88 bits per heavy atom. The van der Waals surface area contributed by atoms with Gasteiger partial charge in [-0.25, -0.2) is 0 Å². The van der Waals surface area contributed by atoms with Gasteiger partial charge in [0.15, 0.2) is 5.78 Å². The topological polar surface area (TPSA) is 52.6 Å². The lowest BCUT2D eigenvalue weighted by Gasteiger charge is -2.15. The maximum atomic E-state index is 11.8. The van der Waals surface area contributed by atoms with E-state index in [0.29, 0.717) is 23.3 Å². The van der Waals surface area contributed by atoms with Crippen LogP contribution in [-0.4, -0.2) is 26.3 Å². The van der Waals surface area contributed by atoms with Crippen molar-refractivity contribution >= 4 is 12.1 Å². The molecule has 0 aliphatic carbocycles. The Balaban J connectivity index is 3.42. The van der Waals surface area contributed by atoms with Crippen LogP contribution in [-0.2, 0) is 4.79 Å². The summed E-state index contributed by atoms with van der Waals surface area (Å²) in [5, 5.41) is 0. The molecule has 0 unspecified atom stereocenters. The minimum Gasteiger partial charge on any atom is -0.496 e.